The number of rotatable bonds is 2. The van der Waals surface area contributed by atoms with E-state index in [2.05, 4.69) is 50.4 Å². The van der Waals surface area contributed by atoms with Crippen LogP contribution in [-0.4, -0.2) is 18.4 Å². The fourth-order valence-electron chi connectivity index (χ4n) is 2.11. The fraction of sp³-hybridized carbons (Fsp3) is 0.538. The molecule has 1 saturated heterocycles. The summed E-state index contributed by atoms with van der Waals surface area (Å²) < 4.78 is 5.78. The molecule has 1 fully saturated rings. The Hall–Kier alpha value is -0.570. The molecule has 90 valence electrons. The van der Waals surface area contributed by atoms with E-state index in [1.54, 1.807) is 0 Å². The van der Waals surface area contributed by atoms with Gasteiger partial charge in [0.05, 0.1) is 6.61 Å². The molecule has 0 spiro atoms. The van der Waals surface area contributed by atoms with Crippen LogP contribution in [0.1, 0.15) is 25.0 Å². The van der Waals surface area contributed by atoms with E-state index in [0.29, 0.717) is 6.04 Å². The minimum atomic E-state index is -0.186. The molecule has 1 heterocycles. The van der Waals surface area contributed by atoms with Crippen molar-refractivity contribution >= 4 is 12.4 Å². The Morgan fingerprint density at radius 1 is 1.38 bits per heavy atom. The highest BCUT2D eigenvalue weighted by molar-refractivity contribution is 5.85. The topological polar surface area (TPSA) is 21.3 Å². The maximum Gasteiger partial charge on any atom is 0.120 e. The summed E-state index contributed by atoms with van der Waals surface area (Å²) in [6.07, 6.45) is 0.928. The molecular weight excluding hydrogens is 222 g/mol. The van der Waals surface area contributed by atoms with E-state index in [0.717, 1.165) is 13.0 Å². The van der Waals surface area contributed by atoms with Gasteiger partial charge in [0.2, 0.25) is 0 Å². The van der Waals surface area contributed by atoms with Gasteiger partial charge in [0.25, 0.3) is 0 Å². The molecule has 0 aromatic heterocycles. The summed E-state index contributed by atoms with van der Waals surface area (Å²) in [5.41, 5.74) is 2.44. The van der Waals surface area contributed by atoms with E-state index in [1.165, 1.54) is 11.1 Å². The first-order valence-corrected chi connectivity index (χ1v) is 5.55. The predicted octanol–water partition coefficient (Wildman–Crippen LogP) is 2.68. The zero-order valence-corrected chi connectivity index (χ0v) is 10.9. The van der Waals surface area contributed by atoms with Crippen LogP contribution in [0.5, 0.6) is 0 Å². The highest BCUT2D eigenvalue weighted by atomic mass is 35.5. The molecule has 2 rings (SSSR count). The lowest BCUT2D eigenvalue weighted by atomic mass is 10.0. The van der Waals surface area contributed by atoms with Crippen LogP contribution in [0.15, 0.2) is 24.3 Å². The van der Waals surface area contributed by atoms with Gasteiger partial charge in [0.1, 0.15) is 5.72 Å². The molecule has 0 saturated carbocycles. The van der Waals surface area contributed by atoms with Crippen molar-refractivity contribution in [2.45, 2.75) is 39.0 Å². The average molecular weight is 242 g/mol. The summed E-state index contributed by atoms with van der Waals surface area (Å²) in [7, 11) is 0. The lowest BCUT2D eigenvalue weighted by molar-refractivity contribution is 0.00690. The van der Waals surface area contributed by atoms with Crippen LogP contribution in [0.25, 0.3) is 0 Å². The van der Waals surface area contributed by atoms with Gasteiger partial charge in [0.15, 0.2) is 0 Å². The van der Waals surface area contributed by atoms with Gasteiger partial charge in [-0.3, -0.25) is 5.32 Å². The molecule has 1 aliphatic rings. The van der Waals surface area contributed by atoms with Crippen molar-refractivity contribution < 1.29 is 4.74 Å². The summed E-state index contributed by atoms with van der Waals surface area (Å²) in [6, 6.07) is 9.11. The van der Waals surface area contributed by atoms with E-state index < -0.39 is 0 Å². The Balaban J connectivity index is 0.00000128. The normalized spacial score (nSPS) is 28.8. The molecule has 1 aromatic rings. The first kappa shape index (κ1) is 13.5. The second kappa shape index (κ2) is 5.17. The predicted molar refractivity (Wildman–Crippen MR) is 69.1 cm³/mol. The smallest absolute Gasteiger partial charge is 0.120 e. The Bertz CT molecular complexity index is 338. The maximum absolute atomic E-state index is 5.78. The van der Waals surface area contributed by atoms with Crippen LogP contribution in [0, 0.1) is 6.92 Å². The van der Waals surface area contributed by atoms with Crippen LogP contribution in [-0.2, 0) is 11.2 Å². The molecule has 1 aromatic carbocycles. The van der Waals surface area contributed by atoms with Crippen molar-refractivity contribution in [1.29, 1.82) is 0 Å². The summed E-state index contributed by atoms with van der Waals surface area (Å²) in [5.74, 6) is 0. The van der Waals surface area contributed by atoms with Crippen molar-refractivity contribution in [3.05, 3.63) is 35.4 Å². The SMILES string of the molecule is Cc1ccc(CC2(C)NC(C)CO2)cc1.Cl. The van der Waals surface area contributed by atoms with E-state index in [-0.39, 0.29) is 18.1 Å². The van der Waals surface area contributed by atoms with Gasteiger partial charge in [-0.15, -0.1) is 12.4 Å². The van der Waals surface area contributed by atoms with Crippen molar-refractivity contribution in [2.24, 2.45) is 0 Å². The number of nitrogens with one attached hydrogen (secondary N) is 1. The third-order valence-corrected chi connectivity index (χ3v) is 2.87. The van der Waals surface area contributed by atoms with Crippen LogP contribution in [0.3, 0.4) is 0 Å². The third-order valence-electron chi connectivity index (χ3n) is 2.87. The minimum absolute atomic E-state index is 0. The van der Waals surface area contributed by atoms with Crippen molar-refractivity contribution in [3.8, 4) is 0 Å². The van der Waals surface area contributed by atoms with E-state index in [1.807, 2.05) is 0 Å². The molecule has 1 aliphatic heterocycles. The monoisotopic (exact) mass is 241 g/mol. The zero-order valence-electron chi connectivity index (χ0n) is 10.1. The summed E-state index contributed by atoms with van der Waals surface area (Å²) in [4.78, 5) is 0. The van der Waals surface area contributed by atoms with Crippen LogP contribution in [0.2, 0.25) is 0 Å². The standard InChI is InChI=1S/C13H19NO.ClH/c1-10-4-6-12(7-5-10)8-13(3)14-11(2)9-15-13;/h4-7,11,14H,8-9H2,1-3H3;1H. The van der Waals surface area contributed by atoms with Crippen molar-refractivity contribution in [1.82, 2.24) is 5.32 Å². The molecule has 0 aliphatic carbocycles. The van der Waals surface area contributed by atoms with E-state index in [4.69, 9.17) is 4.74 Å². The van der Waals surface area contributed by atoms with Gasteiger partial charge in [-0.2, -0.15) is 0 Å². The van der Waals surface area contributed by atoms with Crippen molar-refractivity contribution in [2.75, 3.05) is 6.61 Å². The molecule has 3 heteroatoms. The van der Waals surface area contributed by atoms with Crippen molar-refractivity contribution in [3.63, 3.8) is 0 Å². The summed E-state index contributed by atoms with van der Waals surface area (Å²) in [5, 5.41) is 3.47. The molecule has 2 nitrogen and oxygen atoms in total. The Morgan fingerprint density at radius 2 is 2.00 bits per heavy atom. The van der Waals surface area contributed by atoms with Crippen LogP contribution in [0.4, 0.5) is 0 Å². The Morgan fingerprint density at radius 3 is 2.50 bits per heavy atom. The maximum atomic E-state index is 5.78. The number of benzene rings is 1. The number of hydrogen-bond acceptors (Lipinski definition) is 2. The number of halogens is 1. The summed E-state index contributed by atoms with van der Waals surface area (Å²) in [6.45, 7) is 7.19. The zero-order chi connectivity index (χ0) is 10.9. The van der Waals surface area contributed by atoms with Gasteiger partial charge >= 0.3 is 0 Å². The Labute approximate surface area is 104 Å². The first-order chi connectivity index (χ1) is 7.07. The first-order valence-electron chi connectivity index (χ1n) is 5.55. The van der Waals surface area contributed by atoms with Gasteiger partial charge in [-0.25, -0.2) is 0 Å². The van der Waals surface area contributed by atoms with Crippen LogP contribution >= 0.6 is 12.4 Å². The minimum Gasteiger partial charge on any atom is -0.359 e. The fourth-order valence-corrected chi connectivity index (χ4v) is 2.11. The number of ether oxygens (including phenoxy) is 1. The quantitative estimate of drug-likeness (QED) is 0.860. The van der Waals surface area contributed by atoms with E-state index >= 15 is 0 Å². The third kappa shape index (κ3) is 3.21. The molecule has 0 amide bonds. The average Bonchev–Trinajstić information content (AvgIpc) is 2.50. The lowest BCUT2D eigenvalue weighted by Crippen LogP contribution is -2.42. The lowest BCUT2D eigenvalue weighted by Gasteiger charge is -2.24. The van der Waals surface area contributed by atoms with Gasteiger partial charge in [-0.1, -0.05) is 29.8 Å². The molecule has 0 radical (unpaired) electrons. The molecule has 2 atom stereocenters. The molecule has 16 heavy (non-hydrogen) atoms. The molecule has 1 N–H and O–H groups in total. The summed E-state index contributed by atoms with van der Waals surface area (Å²) >= 11 is 0. The largest absolute Gasteiger partial charge is 0.359 e. The van der Waals surface area contributed by atoms with E-state index in [9.17, 15) is 0 Å². The highest BCUT2D eigenvalue weighted by Gasteiger charge is 2.33. The van der Waals surface area contributed by atoms with Gasteiger partial charge < -0.3 is 4.74 Å². The number of aryl methyl sites for hydroxylation is 1. The van der Waals surface area contributed by atoms with Gasteiger partial charge in [-0.05, 0) is 26.3 Å². The molecular formula is C13H20ClNO. The molecule has 0 bridgehead atoms. The Kier molecular flexibility index (Phi) is 4.36. The molecule has 2 unspecified atom stereocenters. The second-order valence-corrected chi connectivity index (χ2v) is 4.75. The van der Waals surface area contributed by atoms with Crippen LogP contribution < -0.4 is 5.32 Å². The number of hydrogen-bond donors (Lipinski definition) is 1. The van der Waals surface area contributed by atoms with Gasteiger partial charge in [0, 0.05) is 12.5 Å². The highest BCUT2D eigenvalue weighted by Crippen LogP contribution is 2.20. The second-order valence-electron chi connectivity index (χ2n) is 4.75.